The van der Waals surface area contributed by atoms with Gasteiger partial charge in [-0.2, -0.15) is 0 Å². The maximum absolute atomic E-state index is 6.40. The predicted molar refractivity (Wildman–Crippen MR) is 125 cm³/mol. The van der Waals surface area contributed by atoms with Gasteiger partial charge < -0.3 is 25.0 Å². The standard InChI is InChI=1S/C23H23ClN4O3/c1-14(28-31-11-3-10-25)15-4-6-16(7-5-15)26-22-18-9-8-17(29-2)12-20(18)27-23-21(22)19(24)13-30-23/h4-9,12-13H,3,10-11,25H2,1-2H3,(H,26,27)/b28-14+. The summed E-state index contributed by atoms with van der Waals surface area (Å²) in [6.07, 6.45) is 2.27. The van der Waals surface area contributed by atoms with Gasteiger partial charge in [0.05, 0.1) is 34.4 Å². The third-order valence-corrected chi connectivity index (χ3v) is 5.16. The molecule has 0 fully saturated rings. The summed E-state index contributed by atoms with van der Waals surface area (Å²) >= 11 is 6.40. The van der Waals surface area contributed by atoms with Gasteiger partial charge in [0.2, 0.25) is 5.71 Å². The zero-order valence-corrected chi connectivity index (χ0v) is 18.1. The van der Waals surface area contributed by atoms with E-state index in [0.29, 0.717) is 23.9 Å². The Hall–Kier alpha value is -3.29. The highest BCUT2D eigenvalue weighted by Crippen LogP contribution is 2.39. The lowest BCUT2D eigenvalue weighted by Crippen LogP contribution is -2.03. The molecule has 0 radical (unpaired) electrons. The minimum atomic E-state index is 0.461. The molecule has 0 saturated heterocycles. The monoisotopic (exact) mass is 438 g/mol. The number of furan rings is 1. The normalized spacial score (nSPS) is 11.8. The molecule has 2 aromatic heterocycles. The number of oxime groups is 1. The van der Waals surface area contributed by atoms with Crippen LogP contribution in [0.4, 0.5) is 11.4 Å². The van der Waals surface area contributed by atoms with Crippen LogP contribution in [-0.2, 0) is 4.84 Å². The van der Waals surface area contributed by atoms with E-state index in [9.17, 15) is 0 Å². The number of fused-ring (bicyclic) bond motifs is 2. The molecular weight excluding hydrogens is 416 g/mol. The van der Waals surface area contributed by atoms with Crippen molar-refractivity contribution in [2.24, 2.45) is 10.9 Å². The highest BCUT2D eigenvalue weighted by atomic mass is 35.5. The number of ether oxygens (including phenoxy) is 1. The summed E-state index contributed by atoms with van der Waals surface area (Å²) in [6, 6.07) is 13.6. The first kappa shape index (κ1) is 21.0. The number of methoxy groups -OCH3 is 1. The van der Waals surface area contributed by atoms with Gasteiger partial charge in [-0.3, -0.25) is 0 Å². The van der Waals surface area contributed by atoms with E-state index in [-0.39, 0.29) is 0 Å². The van der Waals surface area contributed by atoms with Crippen molar-refractivity contribution < 1.29 is 14.0 Å². The maximum Gasteiger partial charge on any atom is 0.230 e. The quantitative estimate of drug-likeness (QED) is 0.215. The van der Waals surface area contributed by atoms with E-state index in [4.69, 9.17) is 31.3 Å². The zero-order chi connectivity index (χ0) is 21.8. The summed E-state index contributed by atoms with van der Waals surface area (Å²) in [5.74, 6) is 0.718. The van der Waals surface area contributed by atoms with Crippen LogP contribution >= 0.6 is 11.6 Å². The van der Waals surface area contributed by atoms with Crippen LogP contribution in [0.2, 0.25) is 5.02 Å². The fourth-order valence-corrected chi connectivity index (χ4v) is 3.45. The summed E-state index contributed by atoms with van der Waals surface area (Å²) in [6.45, 7) is 3.00. The molecule has 31 heavy (non-hydrogen) atoms. The molecule has 8 heteroatoms. The number of nitrogens with zero attached hydrogens (tertiary/aromatic N) is 2. The Morgan fingerprint density at radius 1 is 1.23 bits per heavy atom. The molecule has 0 aliphatic heterocycles. The van der Waals surface area contributed by atoms with Crippen molar-refractivity contribution in [3.8, 4) is 5.75 Å². The fourth-order valence-electron chi connectivity index (χ4n) is 3.23. The second-order valence-electron chi connectivity index (χ2n) is 6.99. The van der Waals surface area contributed by atoms with Crippen LogP contribution in [0.1, 0.15) is 18.9 Å². The van der Waals surface area contributed by atoms with E-state index in [2.05, 4.69) is 15.5 Å². The number of anilines is 2. The number of halogens is 1. The average molecular weight is 439 g/mol. The number of rotatable bonds is 8. The molecule has 0 amide bonds. The molecular formula is C23H23ClN4O3. The lowest BCUT2D eigenvalue weighted by atomic mass is 10.1. The Labute approximate surface area is 184 Å². The molecule has 3 N–H and O–H groups in total. The maximum atomic E-state index is 6.40. The second-order valence-corrected chi connectivity index (χ2v) is 7.40. The molecule has 0 aliphatic carbocycles. The van der Waals surface area contributed by atoms with E-state index >= 15 is 0 Å². The van der Waals surface area contributed by atoms with Crippen LogP contribution < -0.4 is 15.8 Å². The lowest BCUT2D eigenvalue weighted by Gasteiger charge is -2.12. The molecule has 0 atom stereocenters. The highest BCUT2D eigenvalue weighted by molar-refractivity contribution is 6.37. The molecule has 0 aliphatic rings. The van der Waals surface area contributed by atoms with Crippen LogP contribution in [0.15, 0.2) is 58.3 Å². The number of hydrogen-bond donors (Lipinski definition) is 2. The zero-order valence-electron chi connectivity index (χ0n) is 17.3. The third-order valence-electron chi connectivity index (χ3n) is 4.89. The van der Waals surface area contributed by atoms with Crippen molar-refractivity contribution in [1.82, 2.24) is 4.98 Å². The largest absolute Gasteiger partial charge is 0.497 e. The van der Waals surface area contributed by atoms with E-state index in [1.165, 1.54) is 6.26 Å². The molecule has 4 aromatic rings. The molecule has 4 rings (SSSR count). The number of aromatic nitrogens is 1. The van der Waals surface area contributed by atoms with Gasteiger partial charge in [-0.05, 0) is 49.7 Å². The van der Waals surface area contributed by atoms with Crippen LogP contribution in [0, 0.1) is 0 Å². The predicted octanol–water partition coefficient (Wildman–Crippen LogP) is 5.48. The van der Waals surface area contributed by atoms with Crippen molar-refractivity contribution in [3.05, 3.63) is 59.3 Å². The minimum absolute atomic E-state index is 0.461. The SMILES string of the molecule is COc1ccc2c(Nc3ccc(/C(C)=N/OCCCN)cc3)c3c(Cl)coc3nc2c1. The Morgan fingerprint density at radius 2 is 2.03 bits per heavy atom. The van der Waals surface area contributed by atoms with Crippen molar-refractivity contribution in [3.63, 3.8) is 0 Å². The second kappa shape index (κ2) is 9.24. The van der Waals surface area contributed by atoms with Crippen molar-refractivity contribution in [1.29, 1.82) is 0 Å². The van der Waals surface area contributed by atoms with E-state index in [1.807, 2.05) is 49.4 Å². The summed E-state index contributed by atoms with van der Waals surface area (Å²) < 4.78 is 10.9. The van der Waals surface area contributed by atoms with Gasteiger partial charge in [-0.1, -0.05) is 28.9 Å². The molecule has 0 saturated carbocycles. The van der Waals surface area contributed by atoms with Gasteiger partial charge in [-0.15, -0.1) is 0 Å². The lowest BCUT2D eigenvalue weighted by molar-refractivity contribution is 0.143. The molecule has 0 bridgehead atoms. The Balaban J connectivity index is 1.66. The van der Waals surface area contributed by atoms with Gasteiger partial charge in [0.1, 0.15) is 18.6 Å². The van der Waals surface area contributed by atoms with Gasteiger partial charge in [0.15, 0.2) is 0 Å². The van der Waals surface area contributed by atoms with Crippen LogP contribution in [-0.4, -0.2) is 31.0 Å². The first-order chi connectivity index (χ1) is 15.1. The van der Waals surface area contributed by atoms with E-state index in [1.54, 1.807) is 7.11 Å². The molecule has 2 heterocycles. The Bertz CT molecular complexity index is 1240. The summed E-state index contributed by atoms with van der Waals surface area (Å²) in [7, 11) is 1.62. The summed E-state index contributed by atoms with van der Waals surface area (Å²) in [5, 5.41) is 9.75. The smallest absolute Gasteiger partial charge is 0.230 e. The Kier molecular flexibility index (Phi) is 6.25. The molecule has 0 spiro atoms. The number of hydrogen-bond acceptors (Lipinski definition) is 7. The van der Waals surface area contributed by atoms with Gasteiger partial charge in [-0.25, -0.2) is 4.98 Å². The minimum Gasteiger partial charge on any atom is -0.497 e. The Morgan fingerprint density at radius 3 is 2.77 bits per heavy atom. The number of nitrogens with two attached hydrogens (primary N) is 1. The van der Waals surface area contributed by atoms with E-state index < -0.39 is 0 Å². The number of pyridine rings is 1. The van der Waals surface area contributed by atoms with Crippen LogP contribution in [0.3, 0.4) is 0 Å². The van der Waals surface area contributed by atoms with Crippen LogP contribution in [0.5, 0.6) is 5.75 Å². The molecule has 0 unspecified atom stereocenters. The number of nitrogens with one attached hydrogen (secondary N) is 1. The fraction of sp³-hybridized carbons (Fsp3) is 0.217. The third kappa shape index (κ3) is 4.42. The van der Waals surface area contributed by atoms with Gasteiger partial charge >= 0.3 is 0 Å². The van der Waals surface area contributed by atoms with E-state index in [0.717, 1.165) is 51.1 Å². The summed E-state index contributed by atoms with van der Waals surface area (Å²) in [5.41, 5.74) is 10.1. The molecule has 160 valence electrons. The molecule has 2 aromatic carbocycles. The van der Waals surface area contributed by atoms with Gasteiger partial charge in [0, 0.05) is 17.1 Å². The van der Waals surface area contributed by atoms with Crippen LogP contribution in [0.25, 0.3) is 22.0 Å². The number of benzene rings is 2. The average Bonchev–Trinajstić information content (AvgIpc) is 3.16. The van der Waals surface area contributed by atoms with Crippen molar-refractivity contribution in [2.45, 2.75) is 13.3 Å². The first-order valence-corrected chi connectivity index (χ1v) is 10.3. The summed E-state index contributed by atoms with van der Waals surface area (Å²) in [4.78, 5) is 9.87. The highest BCUT2D eigenvalue weighted by Gasteiger charge is 2.16. The van der Waals surface area contributed by atoms with Crippen molar-refractivity contribution in [2.75, 3.05) is 25.6 Å². The first-order valence-electron chi connectivity index (χ1n) is 9.89. The molecule has 7 nitrogen and oxygen atoms in total. The van der Waals surface area contributed by atoms with Gasteiger partial charge in [0.25, 0.3) is 0 Å². The van der Waals surface area contributed by atoms with Crippen molar-refractivity contribution >= 4 is 50.7 Å². The topological polar surface area (TPSA) is 94.9 Å².